The predicted molar refractivity (Wildman–Crippen MR) is 134 cm³/mol. The molecule has 1 atom stereocenters. The molecule has 2 N–H and O–H groups in total. The topological polar surface area (TPSA) is 56.7 Å². The summed E-state index contributed by atoms with van der Waals surface area (Å²) in [7, 11) is 1.78. The van der Waals surface area contributed by atoms with Crippen LogP contribution in [0, 0.1) is 12.8 Å². The molecule has 30 heavy (non-hydrogen) atoms. The second-order valence-electron chi connectivity index (χ2n) is 7.76. The quantitative estimate of drug-likeness (QED) is 0.319. The van der Waals surface area contributed by atoms with Gasteiger partial charge in [0.05, 0.1) is 0 Å². The van der Waals surface area contributed by atoms with Crippen LogP contribution in [0.1, 0.15) is 23.1 Å². The summed E-state index contributed by atoms with van der Waals surface area (Å²) in [6.07, 6.45) is 2.48. The van der Waals surface area contributed by atoms with Crippen molar-refractivity contribution in [1.29, 1.82) is 0 Å². The van der Waals surface area contributed by atoms with Gasteiger partial charge in [-0.3, -0.25) is 9.79 Å². The summed E-state index contributed by atoms with van der Waals surface area (Å²) < 4.78 is 0. The monoisotopic (exact) mass is 520 g/mol. The summed E-state index contributed by atoms with van der Waals surface area (Å²) in [4.78, 5) is 18.6. The zero-order valence-corrected chi connectivity index (χ0v) is 20.3. The molecular formula is C24H33IN4O. The molecule has 1 heterocycles. The number of likely N-dealkylation sites (tertiary alicyclic amines) is 1. The number of hydrogen-bond donors (Lipinski definition) is 2. The molecule has 0 bridgehead atoms. The molecule has 1 unspecified atom stereocenters. The molecule has 1 aliphatic heterocycles. The maximum absolute atomic E-state index is 12.3. The Morgan fingerprint density at radius 1 is 1.03 bits per heavy atom. The van der Waals surface area contributed by atoms with Crippen molar-refractivity contribution in [2.45, 2.75) is 26.2 Å². The molecule has 2 aromatic carbocycles. The molecule has 162 valence electrons. The molecule has 5 nitrogen and oxygen atoms in total. The van der Waals surface area contributed by atoms with Gasteiger partial charge in [0.1, 0.15) is 0 Å². The summed E-state index contributed by atoms with van der Waals surface area (Å²) in [5.74, 6) is 1.39. The molecule has 2 aromatic rings. The number of benzene rings is 2. The minimum atomic E-state index is 0. The van der Waals surface area contributed by atoms with E-state index < -0.39 is 0 Å². The van der Waals surface area contributed by atoms with Crippen LogP contribution in [-0.4, -0.2) is 50.0 Å². The number of carbonyl (C=O) groups excluding carboxylic acids is 1. The van der Waals surface area contributed by atoms with Gasteiger partial charge in [0, 0.05) is 45.6 Å². The lowest BCUT2D eigenvalue weighted by atomic mass is 10.1. The fourth-order valence-electron chi connectivity index (χ4n) is 3.66. The van der Waals surface area contributed by atoms with Gasteiger partial charge in [0.25, 0.3) is 0 Å². The highest BCUT2D eigenvalue weighted by Gasteiger charge is 2.29. The highest BCUT2D eigenvalue weighted by atomic mass is 127. The van der Waals surface area contributed by atoms with Crippen LogP contribution in [0.25, 0.3) is 0 Å². The van der Waals surface area contributed by atoms with Crippen molar-refractivity contribution in [1.82, 2.24) is 15.5 Å². The maximum Gasteiger partial charge on any atom is 0.223 e. The molecule has 0 saturated carbocycles. The Balaban J connectivity index is 0.00000320. The van der Waals surface area contributed by atoms with Crippen LogP contribution in [0.3, 0.4) is 0 Å². The van der Waals surface area contributed by atoms with E-state index in [0.717, 1.165) is 45.0 Å². The number of rotatable bonds is 8. The predicted octanol–water partition coefficient (Wildman–Crippen LogP) is 3.41. The van der Waals surface area contributed by atoms with Gasteiger partial charge in [0.2, 0.25) is 5.91 Å². The first-order valence-electron chi connectivity index (χ1n) is 10.5. The Labute approximate surface area is 197 Å². The van der Waals surface area contributed by atoms with Crippen molar-refractivity contribution in [2.24, 2.45) is 10.9 Å². The van der Waals surface area contributed by atoms with Crippen molar-refractivity contribution in [3.05, 3.63) is 71.3 Å². The number of aliphatic imine (C=N–C) groups is 1. The second kappa shape index (κ2) is 12.6. The number of amides is 1. The van der Waals surface area contributed by atoms with Gasteiger partial charge in [-0.2, -0.15) is 0 Å². The van der Waals surface area contributed by atoms with Gasteiger partial charge in [-0.25, -0.2) is 0 Å². The minimum Gasteiger partial charge on any atom is -0.356 e. The molecule has 6 heteroatoms. The SMILES string of the molecule is CN=C(NCCc1ccc(C)cc1)NCC1CC(=O)N(CCc2ccccc2)C1.I. The molecule has 0 aromatic heterocycles. The molecule has 3 rings (SSSR count). The van der Waals surface area contributed by atoms with Crippen LogP contribution in [0.15, 0.2) is 59.6 Å². The lowest BCUT2D eigenvalue weighted by molar-refractivity contribution is -0.127. The number of hydrogen-bond acceptors (Lipinski definition) is 2. The maximum atomic E-state index is 12.3. The van der Waals surface area contributed by atoms with Crippen LogP contribution >= 0.6 is 24.0 Å². The van der Waals surface area contributed by atoms with Crippen molar-refractivity contribution in [3.63, 3.8) is 0 Å². The standard InChI is InChI=1S/C24H32N4O.HI/c1-19-8-10-21(11-9-19)12-14-26-24(25-2)27-17-22-16-23(29)28(18-22)15-13-20-6-4-3-5-7-20;/h3-11,22H,12-18H2,1-2H3,(H2,25,26,27);1H. The first kappa shape index (κ1) is 24.2. The summed E-state index contributed by atoms with van der Waals surface area (Å²) in [6, 6.07) is 19.0. The molecule has 0 radical (unpaired) electrons. The van der Waals surface area contributed by atoms with Crippen molar-refractivity contribution in [3.8, 4) is 0 Å². The molecule has 1 aliphatic rings. The Hall–Kier alpha value is -2.09. The van der Waals surface area contributed by atoms with E-state index in [1.165, 1.54) is 16.7 Å². The van der Waals surface area contributed by atoms with E-state index in [0.29, 0.717) is 12.3 Å². The normalized spacial score (nSPS) is 16.3. The molecule has 0 spiro atoms. The fraction of sp³-hybridized carbons (Fsp3) is 0.417. The van der Waals surface area contributed by atoms with Gasteiger partial charge in [-0.15, -0.1) is 24.0 Å². The number of carbonyl (C=O) groups is 1. The van der Waals surface area contributed by atoms with E-state index in [9.17, 15) is 4.79 Å². The lowest BCUT2D eigenvalue weighted by Crippen LogP contribution is -2.41. The van der Waals surface area contributed by atoms with Crippen LogP contribution in [0.4, 0.5) is 0 Å². The van der Waals surface area contributed by atoms with Gasteiger partial charge in [0.15, 0.2) is 5.96 Å². The summed E-state index contributed by atoms with van der Waals surface area (Å²) in [5.41, 5.74) is 3.87. The van der Waals surface area contributed by atoms with Crippen molar-refractivity contribution < 1.29 is 4.79 Å². The van der Waals surface area contributed by atoms with E-state index >= 15 is 0 Å². The van der Waals surface area contributed by atoms with Crippen LogP contribution < -0.4 is 10.6 Å². The second-order valence-corrected chi connectivity index (χ2v) is 7.76. The van der Waals surface area contributed by atoms with Gasteiger partial charge < -0.3 is 15.5 Å². The molecule has 1 saturated heterocycles. The third-order valence-corrected chi connectivity index (χ3v) is 5.42. The fourth-order valence-corrected chi connectivity index (χ4v) is 3.66. The smallest absolute Gasteiger partial charge is 0.223 e. The van der Waals surface area contributed by atoms with Crippen LogP contribution in [-0.2, 0) is 17.6 Å². The van der Waals surface area contributed by atoms with Gasteiger partial charge in [-0.05, 0) is 30.9 Å². The number of nitrogens with zero attached hydrogens (tertiary/aromatic N) is 2. The Bertz CT molecular complexity index is 808. The largest absolute Gasteiger partial charge is 0.356 e. The molecular weight excluding hydrogens is 487 g/mol. The lowest BCUT2D eigenvalue weighted by Gasteiger charge is -2.18. The van der Waals surface area contributed by atoms with Crippen LogP contribution in [0.2, 0.25) is 0 Å². The number of aryl methyl sites for hydroxylation is 1. The number of nitrogens with one attached hydrogen (secondary N) is 2. The molecule has 0 aliphatic carbocycles. The summed E-state index contributed by atoms with van der Waals surface area (Å²) >= 11 is 0. The first-order chi connectivity index (χ1) is 14.1. The third-order valence-electron chi connectivity index (χ3n) is 5.42. The van der Waals surface area contributed by atoms with E-state index in [1.54, 1.807) is 7.05 Å². The Morgan fingerprint density at radius 3 is 2.43 bits per heavy atom. The van der Waals surface area contributed by atoms with Crippen molar-refractivity contribution in [2.75, 3.05) is 33.2 Å². The van der Waals surface area contributed by atoms with Gasteiger partial charge >= 0.3 is 0 Å². The van der Waals surface area contributed by atoms with Crippen LogP contribution in [0.5, 0.6) is 0 Å². The summed E-state index contributed by atoms with van der Waals surface area (Å²) in [6.45, 7) is 5.31. The third kappa shape index (κ3) is 7.63. The zero-order chi connectivity index (χ0) is 20.5. The van der Waals surface area contributed by atoms with E-state index in [-0.39, 0.29) is 29.9 Å². The molecule has 1 amide bonds. The zero-order valence-electron chi connectivity index (χ0n) is 17.9. The molecule has 1 fully saturated rings. The van der Waals surface area contributed by atoms with E-state index in [4.69, 9.17) is 0 Å². The number of halogens is 1. The van der Waals surface area contributed by atoms with E-state index in [1.807, 2.05) is 23.1 Å². The minimum absolute atomic E-state index is 0. The number of guanidine groups is 1. The average molecular weight is 520 g/mol. The van der Waals surface area contributed by atoms with Gasteiger partial charge in [-0.1, -0.05) is 60.2 Å². The Morgan fingerprint density at radius 2 is 1.73 bits per heavy atom. The average Bonchev–Trinajstić information content (AvgIpc) is 3.10. The first-order valence-corrected chi connectivity index (χ1v) is 10.5. The van der Waals surface area contributed by atoms with Crippen molar-refractivity contribution >= 4 is 35.8 Å². The highest BCUT2D eigenvalue weighted by molar-refractivity contribution is 14.0. The summed E-state index contributed by atoms with van der Waals surface area (Å²) in [5, 5.41) is 6.75. The Kier molecular flexibility index (Phi) is 10.1. The van der Waals surface area contributed by atoms with E-state index in [2.05, 4.69) is 58.9 Å². The highest BCUT2D eigenvalue weighted by Crippen LogP contribution is 2.17.